The SMILES string of the molecule is O=Cc1ccc(F)cc1-c1nn[nH]n1. The second kappa shape index (κ2) is 3.33. The first-order valence-electron chi connectivity index (χ1n) is 3.80. The van der Waals surface area contributed by atoms with Crippen LogP contribution in [0.15, 0.2) is 18.2 Å². The number of nitrogens with one attached hydrogen (secondary N) is 1. The lowest BCUT2D eigenvalue weighted by Gasteiger charge is -1.98. The van der Waals surface area contributed by atoms with E-state index in [-0.39, 0.29) is 5.82 Å². The van der Waals surface area contributed by atoms with Crippen LogP contribution in [0.5, 0.6) is 0 Å². The molecule has 0 radical (unpaired) electrons. The molecule has 1 N–H and O–H groups in total. The molecule has 5 nitrogen and oxygen atoms in total. The molecule has 0 fully saturated rings. The number of nitrogens with zero attached hydrogens (tertiary/aromatic N) is 3. The van der Waals surface area contributed by atoms with E-state index in [4.69, 9.17) is 0 Å². The number of hydrogen-bond acceptors (Lipinski definition) is 4. The topological polar surface area (TPSA) is 71.5 Å². The number of aromatic nitrogens is 4. The molecular weight excluding hydrogens is 187 g/mol. The summed E-state index contributed by atoms with van der Waals surface area (Å²) >= 11 is 0. The Morgan fingerprint density at radius 2 is 2.29 bits per heavy atom. The molecule has 2 rings (SSSR count). The van der Waals surface area contributed by atoms with Gasteiger partial charge in [0.05, 0.1) is 0 Å². The highest BCUT2D eigenvalue weighted by Crippen LogP contribution is 2.18. The fraction of sp³-hybridized carbons (Fsp3) is 0. The van der Waals surface area contributed by atoms with Crippen molar-refractivity contribution in [3.63, 3.8) is 0 Å². The highest BCUT2D eigenvalue weighted by Gasteiger charge is 2.09. The van der Waals surface area contributed by atoms with E-state index in [0.717, 1.165) is 0 Å². The van der Waals surface area contributed by atoms with Crippen LogP contribution in [0, 0.1) is 5.82 Å². The Balaban J connectivity index is 2.61. The molecule has 0 aliphatic heterocycles. The van der Waals surface area contributed by atoms with E-state index < -0.39 is 5.82 Å². The van der Waals surface area contributed by atoms with Crippen molar-refractivity contribution < 1.29 is 9.18 Å². The van der Waals surface area contributed by atoms with E-state index in [1.165, 1.54) is 18.2 Å². The van der Waals surface area contributed by atoms with E-state index in [1.807, 2.05) is 0 Å². The van der Waals surface area contributed by atoms with Gasteiger partial charge < -0.3 is 0 Å². The van der Waals surface area contributed by atoms with Crippen LogP contribution in [0.3, 0.4) is 0 Å². The second-order valence-electron chi connectivity index (χ2n) is 2.58. The largest absolute Gasteiger partial charge is 0.298 e. The molecular formula is C8H5FN4O. The van der Waals surface area contributed by atoms with E-state index in [0.29, 0.717) is 17.4 Å². The molecule has 0 saturated heterocycles. The maximum absolute atomic E-state index is 12.9. The average molecular weight is 192 g/mol. The Morgan fingerprint density at radius 1 is 1.43 bits per heavy atom. The molecule has 0 aliphatic carbocycles. The molecule has 2 aromatic rings. The van der Waals surface area contributed by atoms with Gasteiger partial charge in [-0.3, -0.25) is 4.79 Å². The monoisotopic (exact) mass is 192 g/mol. The molecule has 0 saturated carbocycles. The minimum Gasteiger partial charge on any atom is -0.298 e. The highest BCUT2D eigenvalue weighted by atomic mass is 19.1. The predicted molar refractivity (Wildman–Crippen MR) is 45.0 cm³/mol. The fourth-order valence-corrected chi connectivity index (χ4v) is 1.10. The van der Waals surface area contributed by atoms with Crippen LogP contribution in [0.2, 0.25) is 0 Å². The Morgan fingerprint density at radius 3 is 2.93 bits per heavy atom. The molecule has 0 aliphatic rings. The number of H-pyrrole nitrogens is 1. The lowest BCUT2D eigenvalue weighted by atomic mass is 10.1. The van der Waals surface area contributed by atoms with Crippen LogP contribution in [-0.2, 0) is 0 Å². The average Bonchev–Trinajstić information content (AvgIpc) is 2.70. The minimum absolute atomic E-state index is 0.201. The van der Waals surface area contributed by atoms with Gasteiger partial charge in [0.15, 0.2) is 6.29 Å². The summed E-state index contributed by atoms with van der Waals surface area (Å²) < 4.78 is 12.9. The number of carbonyl (C=O) groups is 1. The van der Waals surface area contributed by atoms with Crippen molar-refractivity contribution in [2.24, 2.45) is 0 Å². The molecule has 70 valence electrons. The maximum Gasteiger partial charge on any atom is 0.205 e. The number of carbonyl (C=O) groups excluding carboxylic acids is 1. The third-order valence-electron chi connectivity index (χ3n) is 1.73. The second-order valence-corrected chi connectivity index (χ2v) is 2.58. The number of benzene rings is 1. The Kier molecular flexibility index (Phi) is 2.02. The van der Waals surface area contributed by atoms with Gasteiger partial charge in [0.1, 0.15) is 5.82 Å². The van der Waals surface area contributed by atoms with Crippen LogP contribution < -0.4 is 0 Å². The fourth-order valence-electron chi connectivity index (χ4n) is 1.10. The molecule has 0 atom stereocenters. The molecule has 0 amide bonds. The van der Waals surface area contributed by atoms with Gasteiger partial charge in [0.2, 0.25) is 5.82 Å². The normalized spacial score (nSPS) is 10.1. The smallest absolute Gasteiger partial charge is 0.205 e. The van der Waals surface area contributed by atoms with Gasteiger partial charge >= 0.3 is 0 Å². The van der Waals surface area contributed by atoms with Crippen molar-refractivity contribution in [1.82, 2.24) is 20.6 Å². The zero-order chi connectivity index (χ0) is 9.97. The first kappa shape index (κ1) is 8.49. The number of halogens is 1. The summed E-state index contributed by atoms with van der Waals surface area (Å²) in [4.78, 5) is 10.6. The Bertz CT molecular complexity index is 454. The first-order chi connectivity index (χ1) is 6.81. The minimum atomic E-state index is -0.449. The summed E-state index contributed by atoms with van der Waals surface area (Å²) in [6, 6.07) is 3.76. The first-order valence-corrected chi connectivity index (χ1v) is 3.80. The van der Waals surface area contributed by atoms with Gasteiger partial charge in [-0.2, -0.15) is 5.21 Å². The summed E-state index contributed by atoms with van der Waals surface area (Å²) in [5, 5.41) is 12.9. The molecule has 0 unspecified atom stereocenters. The third kappa shape index (κ3) is 1.37. The van der Waals surface area contributed by atoms with Crippen LogP contribution in [0.25, 0.3) is 11.4 Å². The van der Waals surface area contributed by atoms with E-state index in [9.17, 15) is 9.18 Å². The zero-order valence-electron chi connectivity index (χ0n) is 6.94. The van der Waals surface area contributed by atoms with Crippen LogP contribution in [0.4, 0.5) is 4.39 Å². The van der Waals surface area contributed by atoms with Gasteiger partial charge in [-0.05, 0) is 23.4 Å². The molecule has 0 bridgehead atoms. The summed E-state index contributed by atoms with van der Waals surface area (Å²) in [6.45, 7) is 0. The third-order valence-corrected chi connectivity index (χ3v) is 1.73. The van der Waals surface area contributed by atoms with Gasteiger partial charge in [0.25, 0.3) is 0 Å². The van der Waals surface area contributed by atoms with E-state index in [1.54, 1.807) is 0 Å². The lowest BCUT2D eigenvalue weighted by Crippen LogP contribution is -1.91. The number of rotatable bonds is 2. The number of tetrazole rings is 1. The van der Waals surface area contributed by atoms with Crippen molar-refractivity contribution in [2.75, 3.05) is 0 Å². The van der Waals surface area contributed by atoms with Crippen molar-refractivity contribution in [2.45, 2.75) is 0 Å². The molecule has 0 spiro atoms. The summed E-state index contributed by atoms with van der Waals surface area (Å²) in [6.07, 6.45) is 0.616. The lowest BCUT2D eigenvalue weighted by molar-refractivity contribution is 0.112. The number of hydrogen-bond donors (Lipinski definition) is 1. The van der Waals surface area contributed by atoms with Crippen molar-refractivity contribution in [1.29, 1.82) is 0 Å². The van der Waals surface area contributed by atoms with Gasteiger partial charge in [-0.25, -0.2) is 4.39 Å². The predicted octanol–water partition coefficient (Wildman–Crippen LogP) is 0.818. The maximum atomic E-state index is 12.9. The van der Waals surface area contributed by atoms with Crippen molar-refractivity contribution >= 4 is 6.29 Å². The summed E-state index contributed by atoms with van der Waals surface area (Å²) in [5.74, 6) is -0.248. The number of aldehydes is 1. The summed E-state index contributed by atoms with van der Waals surface area (Å²) in [7, 11) is 0. The van der Waals surface area contributed by atoms with Crippen LogP contribution in [0.1, 0.15) is 10.4 Å². The Hall–Kier alpha value is -2.11. The van der Waals surface area contributed by atoms with Crippen molar-refractivity contribution in [3.8, 4) is 11.4 Å². The number of aromatic amines is 1. The van der Waals surface area contributed by atoms with Gasteiger partial charge in [-0.1, -0.05) is 0 Å². The van der Waals surface area contributed by atoms with Gasteiger partial charge in [-0.15, -0.1) is 10.2 Å². The van der Waals surface area contributed by atoms with Crippen molar-refractivity contribution in [3.05, 3.63) is 29.6 Å². The molecule has 6 heteroatoms. The Labute approximate surface area is 78.0 Å². The standard InChI is InChI=1S/C8H5FN4O/c9-6-2-1-5(4-14)7(3-6)8-10-12-13-11-8/h1-4H,(H,10,11,12,13). The summed E-state index contributed by atoms with van der Waals surface area (Å²) in [5.41, 5.74) is 0.654. The van der Waals surface area contributed by atoms with E-state index >= 15 is 0 Å². The molecule has 14 heavy (non-hydrogen) atoms. The zero-order valence-corrected chi connectivity index (χ0v) is 6.94. The highest BCUT2D eigenvalue weighted by molar-refractivity contribution is 5.85. The van der Waals surface area contributed by atoms with Gasteiger partial charge in [0, 0.05) is 11.1 Å². The van der Waals surface area contributed by atoms with Crippen LogP contribution >= 0.6 is 0 Å². The quantitative estimate of drug-likeness (QED) is 0.715. The van der Waals surface area contributed by atoms with E-state index in [2.05, 4.69) is 20.6 Å². The molecule has 1 aromatic carbocycles. The van der Waals surface area contributed by atoms with Crippen LogP contribution in [-0.4, -0.2) is 26.9 Å². The molecule has 1 aromatic heterocycles. The molecule has 1 heterocycles.